The number of hydrogen-bond donors (Lipinski definition) is 2. The van der Waals surface area contributed by atoms with Gasteiger partial charge in [-0.25, -0.2) is 0 Å². The number of anilines is 1. The second kappa shape index (κ2) is 8.60. The molecule has 3 fully saturated rings. The zero-order chi connectivity index (χ0) is 26.1. The number of nitrogens with one attached hydrogen (secondary N) is 2. The fourth-order valence-corrected chi connectivity index (χ4v) is 7.05. The minimum Gasteiger partial charge on any atom is -0.347 e. The SMILES string of the molecule is C=CC(=O)N1CC2(CC(n3nc(N4CCNC[C@]4(C)CC)c(-c4c(Cl)c(C)cc5[nH]ncc45)c3C)C2)C1. The fourth-order valence-electron chi connectivity index (χ4n) is 6.80. The number of carbonyl (C=O) groups excluding carboxylic acids is 1. The maximum Gasteiger partial charge on any atom is 0.245 e. The molecule has 37 heavy (non-hydrogen) atoms. The van der Waals surface area contributed by atoms with Crippen molar-refractivity contribution in [2.45, 2.75) is 58.5 Å². The summed E-state index contributed by atoms with van der Waals surface area (Å²) in [6, 6.07) is 2.38. The molecule has 3 aliphatic rings. The average Bonchev–Trinajstić information content (AvgIpc) is 3.43. The molecular formula is C28H36ClN7O. The monoisotopic (exact) mass is 521 g/mol. The molecule has 0 unspecified atom stereocenters. The van der Waals surface area contributed by atoms with Crippen molar-refractivity contribution in [3.8, 4) is 11.1 Å². The molecule has 1 amide bonds. The van der Waals surface area contributed by atoms with Gasteiger partial charge in [0.25, 0.3) is 0 Å². The zero-order valence-corrected chi connectivity index (χ0v) is 23.0. The number of aromatic amines is 1. The molecule has 196 valence electrons. The van der Waals surface area contributed by atoms with Gasteiger partial charge in [-0.1, -0.05) is 25.1 Å². The number of fused-ring (bicyclic) bond motifs is 1. The lowest BCUT2D eigenvalue weighted by Crippen LogP contribution is -2.63. The third-order valence-electron chi connectivity index (χ3n) is 9.16. The van der Waals surface area contributed by atoms with Crippen LogP contribution in [-0.4, -0.2) is 69.0 Å². The largest absolute Gasteiger partial charge is 0.347 e. The maximum absolute atomic E-state index is 12.0. The number of benzene rings is 1. The van der Waals surface area contributed by atoms with Gasteiger partial charge in [-0.2, -0.15) is 10.2 Å². The summed E-state index contributed by atoms with van der Waals surface area (Å²) in [4.78, 5) is 16.4. The van der Waals surface area contributed by atoms with E-state index in [2.05, 4.69) is 65.4 Å². The summed E-state index contributed by atoms with van der Waals surface area (Å²) >= 11 is 7.07. The van der Waals surface area contributed by atoms with Crippen LogP contribution in [0.5, 0.6) is 0 Å². The van der Waals surface area contributed by atoms with E-state index in [1.54, 1.807) is 0 Å². The van der Waals surface area contributed by atoms with Gasteiger partial charge in [0.05, 0.1) is 28.3 Å². The van der Waals surface area contributed by atoms with Crippen molar-refractivity contribution in [2.75, 3.05) is 37.6 Å². The fraction of sp³-hybridized carbons (Fsp3) is 0.536. The third-order valence-corrected chi connectivity index (χ3v) is 9.64. The number of aromatic nitrogens is 4. The lowest BCUT2D eigenvalue weighted by molar-refractivity contribution is -0.149. The van der Waals surface area contributed by atoms with Crippen molar-refractivity contribution in [1.82, 2.24) is 30.2 Å². The van der Waals surface area contributed by atoms with E-state index >= 15 is 0 Å². The van der Waals surface area contributed by atoms with E-state index in [1.165, 1.54) is 6.08 Å². The lowest BCUT2D eigenvalue weighted by Gasteiger charge is -2.58. The number of rotatable bonds is 5. The van der Waals surface area contributed by atoms with E-state index in [0.717, 1.165) is 96.1 Å². The first-order chi connectivity index (χ1) is 17.7. The van der Waals surface area contributed by atoms with Gasteiger partial charge in [-0.15, -0.1) is 0 Å². The van der Waals surface area contributed by atoms with E-state index in [4.69, 9.17) is 16.7 Å². The summed E-state index contributed by atoms with van der Waals surface area (Å²) in [5, 5.41) is 18.2. The molecule has 3 aromatic rings. The highest BCUT2D eigenvalue weighted by atomic mass is 35.5. The molecule has 1 aromatic carbocycles. The minimum atomic E-state index is -0.0508. The second-order valence-electron chi connectivity index (χ2n) is 11.6. The number of piperazine rings is 1. The first-order valence-electron chi connectivity index (χ1n) is 13.3. The van der Waals surface area contributed by atoms with E-state index in [1.807, 2.05) is 11.1 Å². The summed E-state index contributed by atoms with van der Waals surface area (Å²) in [6.45, 7) is 16.8. The molecule has 2 saturated heterocycles. The first kappa shape index (κ1) is 24.5. The molecule has 1 aliphatic carbocycles. The number of hydrogen-bond acceptors (Lipinski definition) is 5. The van der Waals surface area contributed by atoms with Crippen LogP contribution in [0.3, 0.4) is 0 Å². The molecule has 4 heterocycles. The number of nitrogens with zero attached hydrogens (tertiary/aromatic N) is 5. The van der Waals surface area contributed by atoms with Crippen LogP contribution in [0.2, 0.25) is 5.02 Å². The number of H-pyrrole nitrogens is 1. The summed E-state index contributed by atoms with van der Waals surface area (Å²) in [6.07, 6.45) is 6.37. The highest BCUT2D eigenvalue weighted by Crippen LogP contribution is 2.55. The van der Waals surface area contributed by atoms with Crippen LogP contribution in [0.15, 0.2) is 24.9 Å². The van der Waals surface area contributed by atoms with Gasteiger partial charge in [-0.05, 0) is 57.7 Å². The molecule has 1 atom stereocenters. The Bertz CT molecular complexity index is 1390. The molecular weight excluding hydrogens is 486 g/mol. The van der Waals surface area contributed by atoms with Gasteiger partial charge in [-0.3, -0.25) is 14.6 Å². The van der Waals surface area contributed by atoms with Crippen molar-refractivity contribution in [2.24, 2.45) is 5.41 Å². The quantitative estimate of drug-likeness (QED) is 0.479. The predicted molar refractivity (Wildman–Crippen MR) is 148 cm³/mol. The van der Waals surface area contributed by atoms with Gasteiger partial charge in [0.2, 0.25) is 5.91 Å². The van der Waals surface area contributed by atoms with Crippen LogP contribution in [0, 0.1) is 19.3 Å². The summed E-state index contributed by atoms with van der Waals surface area (Å²) in [5.74, 6) is 1.04. The van der Waals surface area contributed by atoms with Crippen molar-refractivity contribution >= 4 is 34.2 Å². The molecule has 8 nitrogen and oxygen atoms in total. The smallest absolute Gasteiger partial charge is 0.245 e. The van der Waals surface area contributed by atoms with Crippen LogP contribution in [-0.2, 0) is 4.79 Å². The van der Waals surface area contributed by atoms with E-state index in [-0.39, 0.29) is 16.9 Å². The van der Waals surface area contributed by atoms with Crippen LogP contribution >= 0.6 is 11.6 Å². The maximum atomic E-state index is 12.0. The Labute approximate surface area is 223 Å². The third kappa shape index (κ3) is 3.63. The van der Waals surface area contributed by atoms with Gasteiger partial charge in [0.1, 0.15) is 0 Å². The molecule has 9 heteroatoms. The number of aryl methyl sites for hydroxylation is 1. The first-order valence-corrected chi connectivity index (χ1v) is 13.7. The van der Waals surface area contributed by atoms with E-state index < -0.39 is 0 Å². The number of likely N-dealkylation sites (tertiary alicyclic amines) is 1. The van der Waals surface area contributed by atoms with Crippen LogP contribution in [0.25, 0.3) is 22.0 Å². The Morgan fingerprint density at radius 3 is 2.76 bits per heavy atom. The van der Waals surface area contributed by atoms with Crippen molar-refractivity contribution < 1.29 is 4.79 Å². The Kier molecular flexibility index (Phi) is 5.69. The van der Waals surface area contributed by atoms with Crippen molar-refractivity contribution in [1.29, 1.82) is 0 Å². The van der Waals surface area contributed by atoms with E-state index in [0.29, 0.717) is 6.04 Å². The highest BCUT2D eigenvalue weighted by molar-refractivity contribution is 6.36. The normalized spacial score (nSPS) is 23.4. The molecule has 6 rings (SSSR count). The minimum absolute atomic E-state index is 0.0321. The molecule has 1 spiro atoms. The average molecular weight is 522 g/mol. The number of halogens is 1. The standard InChI is InChI=1S/C28H36ClN7O/c1-6-22(37)34-15-28(16-34)11-19(12-28)36-18(4)23(24-20-13-31-32-21(20)10-17(3)25(24)29)26(33-36)35-9-8-30-14-27(35,5)7-2/h6,10,13,19,30H,1,7-9,11-12,14-16H2,2-5H3,(H,31,32)/t27-/m0/s1. The van der Waals surface area contributed by atoms with E-state index in [9.17, 15) is 4.79 Å². The Balaban J connectivity index is 1.45. The molecule has 2 aliphatic heterocycles. The summed E-state index contributed by atoms with van der Waals surface area (Å²) < 4.78 is 2.25. The zero-order valence-electron chi connectivity index (χ0n) is 22.2. The molecule has 2 N–H and O–H groups in total. The van der Waals surface area contributed by atoms with Gasteiger partial charge in [0, 0.05) is 60.3 Å². The Morgan fingerprint density at radius 2 is 2.05 bits per heavy atom. The van der Waals surface area contributed by atoms with Crippen LogP contribution in [0.1, 0.15) is 50.4 Å². The van der Waals surface area contributed by atoms with Crippen molar-refractivity contribution in [3.63, 3.8) is 0 Å². The second-order valence-corrected chi connectivity index (χ2v) is 12.0. The van der Waals surface area contributed by atoms with Gasteiger partial charge >= 0.3 is 0 Å². The summed E-state index contributed by atoms with van der Waals surface area (Å²) in [5.41, 5.74) is 5.44. The Morgan fingerprint density at radius 1 is 1.30 bits per heavy atom. The van der Waals surface area contributed by atoms with Gasteiger partial charge in [0.15, 0.2) is 5.82 Å². The van der Waals surface area contributed by atoms with Crippen LogP contribution < -0.4 is 10.2 Å². The topological polar surface area (TPSA) is 82.1 Å². The number of amides is 1. The van der Waals surface area contributed by atoms with Crippen LogP contribution in [0.4, 0.5) is 5.82 Å². The predicted octanol–water partition coefficient (Wildman–Crippen LogP) is 4.62. The lowest BCUT2D eigenvalue weighted by atomic mass is 9.60. The van der Waals surface area contributed by atoms with Crippen molar-refractivity contribution in [3.05, 3.63) is 41.2 Å². The molecule has 1 saturated carbocycles. The molecule has 0 radical (unpaired) electrons. The molecule has 2 aromatic heterocycles. The Hall–Kier alpha value is -2.84. The van der Waals surface area contributed by atoms with Gasteiger partial charge < -0.3 is 15.1 Å². The summed E-state index contributed by atoms with van der Waals surface area (Å²) in [7, 11) is 0. The molecule has 0 bridgehead atoms. The highest BCUT2D eigenvalue weighted by Gasteiger charge is 2.54. The number of carbonyl (C=O) groups is 1.